The van der Waals surface area contributed by atoms with E-state index in [9.17, 15) is 0 Å². The van der Waals surface area contributed by atoms with Gasteiger partial charge in [0.05, 0.1) is 0 Å². The van der Waals surface area contributed by atoms with Gasteiger partial charge in [-0.3, -0.25) is 4.99 Å². The summed E-state index contributed by atoms with van der Waals surface area (Å²) in [4.78, 5) is 7.51. The molecule has 1 aliphatic carbocycles. The highest BCUT2D eigenvalue weighted by atomic mass is 15.2. The number of rotatable bonds is 8. The van der Waals surface area contributed by atoms with Gasteiger partial charge in [-0.1, -0.05) is 43.7 Å². The minimum absolute atomic E-state index is 0.565. The summed E-state index contributed by atoms with van der Waals surface area (Å²) < 4.78 is 0. The number of unbranched alkanes of at least 4 members (excludes halogenated alkanes) is 1. The van der Waals surface area contributed by atoms with E-state index in [0.717, 1.165) is 19.0 Å². The number of piperidine rings is 1. The highest BCUT2D eigenvalue weighted by Crippen LogP contribution is 2.47. The average Bonchev–Trinajstić information content (AvgIpc) is 3.46. The van der Waals surface area contributed by atoms with E-state index in [0.29, 0.717) is 17.9 Å². The molecule has 0 aromatic heterocycles. The van der Waals surface area contributed by atoms with Crippen LogP contribution in [0.2, 0.25) is 0 Å². The predicted octanol–water partition coefficient (Wildman–Crippen LogP) is 3.61. The quantitative estimate of drug-likeness (QED) is 0.552. The van der Waals surface area contributed by atoms with Crippen molar-refractivity contribution < 1.29 is 0 Å². The normalized spacial score (nSPS) is 24.5. The minimum Gasteiger partial charge on any atom is -0.357 e. The van der Waals surface area contributed by atoms with Crippen molar-refractivity contribution in [1.82, 2.24) is 15.5 Å². The van der Waals surface area contributed by atoms with Crippen LogP contribution in [-0.4, -0.2) is 49.6 Å². The Bertz CT molecular complexity index is 549. The second kappa shape index (κ2) is 9.96. The lowest BCUT2D eigenvalue weighted by atomic mass is 10.0. The highest BCUT2D eigenvalue weighted by molar-refractivity contribution is 5.80. The summed E-state index contributed by atoms with van der Waals surface area (Å²) in [6.07, 6.45) is 6.35. The third-order valence-electron chi connectivity index (χ3n) is 5.73. The first-order chi connectivity index (χ1) is 12.8. The van der Waals surface area contributed by atoms with E-state index in [1.807, 2.05) is 0 Å². The molecule has 144 valence electrons. The van der Waals surface area contributed by atoms with Gasteiger partial charge in [0.2, 0.25) is 0 Å². The predicted molar refractivity (Wildman–Crippen MR) is 111 cm³/mol. The lowest BCUT2D eigenvalue weighted by Gasteiger charge is -2.33. The molecule has 2 unspecified atom stereocenters. The maximum absolute atomic E-state index is 4.89. The molecule has 4 heteroatoms. The molecule has 3 rings (SSSR count). The van der Waals surface area contributed by atoms with Gasteiger partial charge in [0.15, 0.2) is 5.96 Å². The fourth-order valence-electron chi connectivity index (χ4n) is 3.96. The maximum Gasteiger partial charge on any atom is 0.191 e. The maximum atomic E-state index is 4.89. The number of likely N-dealkylation sites (tertiary alicyclic amines) is 1. The number of nitrogens with one attached hydrogen (secondary N) is 2. The van der Waals surface area contributed by atoms with Crippen LogP contribution >= 0.6 is 0 Å². The van der Waals surface area contributed by atoms with Crippen molar-refractivity contribution in [2.24, 2.45) is 10.9 Å². The lowest BCUT2D eigenvalue weighted by Crippen LogP contribution is -2.48. The Kier molecular flexibility index (Phi) is 7.36. The third kappa shape index (κ3) is 5.73. The zero-order chi connectivity index (χ0) is 18.2. The Labute approximate surface area is 159 Å². The fourth-order valence-corrected chi connectivity index (χ4v) is 3.96. The molecule has 0 bridgehead atoms. The molecule has 1 aliphatic heterocycles. The summed E-state index contributed by atoms with van der Waals surface area (Å²) in [5.41, 5.74) is 1.48. The smallest absolute Gasteiger partial charge is 0.191 e. The van der Waals surface area contributed by atoms with E-state index < -0.39 is 0 Å². The van der Waals surface area contributed by atoms with Gasteiger partial charge >= 0.3 is 0 Å². The Balaban J connectivity index is 1.43. The lowest BCUT2D eigenvalue weighted by molar-refractivity contribution is 0.203. The molecule has 0 amide bonds. The molecule has 4 nitrogen and oxygen atoms in total. The van der Waals surface area contributed by atoms with Gasteiger partial charge in [-0.05, 0) is 56.6 Å². The molecule has 1 aromatic rings. The molecule has 1 aromatic carbocycles. The van der Waals surface area contributed by atoms with Crippen molar-refractivity contribution in [2.45, 2.75) is 57.9 Å². The molecule has 0 spiro atoms. The molecule has 2 aliphatic rings. The fraction of sp³-hybridized carbons (Fsp3) is 0.682. The van der Waals surface area contributed by atoms with Crippen molar-refractivity contribution in [3.8, 4) is 0 Å². The van der Waals surface area contributed by atoms with Crippen molar-refractivity contribution in [3.05, 3.63) is 35.9 Å². The van der Waals surface area contributed by atoms with E-state index >= 15 is 0 Å². The van der Waals surface area contributed by atoms with Crippen molar-refractivity contribution in [1.29, 1.82) is 0 Å². The van der Waals surface area contributed by atoms with Crippen molar-refractivity contribution in [2.75, 3.05) is 32.7 Å². The summed E-state index contributed by atoms with van der Waals surface area (Å²) in [7, 11) is 0. The summed E-state index contributed by atoms with van der Waals surface area (Å²) in [6, 6.07) is 11.5. The van der Waals surface area contributed by atoms with Crippen molar-refractivity contribution in [3.63, 3.8) is 0 Å². The first kappa shape index (κ1) is 19.2. The molecule has 1 saturated heterocycles. The number of aliphatic imine (C=N–C) groups is 1. The van der Waals surface area contributed by atoms with E-state index in [1.165, 1.54) is 57.3 Å². The summed E-state index contributed by atoms with van der Waals surface area (Å²) in [6.45, 7) is 9.98. The Morgan fingerprint density at radius 2 is 1.92 bits per heavy atom. The molecule has 2 fully saturated rings. The van der Waals surface area contributed by atoms with Gasteiger partial charge < -0.3 is 15.5 Å². The second-order valence-electron chi connectivity index (χ2n) is 7.85. The largest absolute Gasteiger partial charge is 0.357 e. The van der Waals surface area contributed by atoms with E-state index in [1.54, 1.807) is 0 Å². The molecule has 2 N–H and O–H groups in total. The van der Waals surface area contributed by atoms with E-state index in [2.05, 4.69) is 59.7 Å². The van der Waals surface area contributed by atoms with Gasteiger partial charge in [-0.15, -0.1) is 0 Å². The summed E-state index contributed by atoms with van der Waals surface area (Å²) >= 11 is 0. The monoisotopic (exact) mass is 356 g/mol. The van der Waals surface area contributed by atoms with Gasteiger partial charge in [0, 0.05) is 32.2 Å². The van der Waals surface area contributed by atoms with Crippen LogP contribution < -0.4 is 10.6 Å². The SMILES string of the molecule is CCCCN1CCC(NC(=NCC2CC2c2ccccc2)NCC)CC1. The first-order valence-electron chi connectivity index (χ1n) is 10.6. The van der Waals surface area contributed by atoms with Gasteiger partial charge in [-0.2, -0.15) is 0 Å². The summed E-state index contributed by atoms with van der Waals surface area (Å²) in [5, 5.41) is 7.12. The topological polar surface area (TPSA) is 39.7 Å². The highest BCUT2D eigenvalue weighted by Gasteiger charge is 2.37. The Morgan fingerprint density at radius 1 is 1.15 bits per heavy atom. The zero-order valence-electron chi connectivity index (χ0n) is 16.6. The van der Waals surface area contributed by atoms with Gasteiger partial charge in [0.1, 0.15) is 0 Å². The van der Waals surface area contributed by atoms with Crippen LogP contribution in [-0.2, 0) is 0 Å². The molecular formula is C22H36N4. The van der Waals surface area contributed by atoms with Crippen LogP contribution in [0, 0.1) is 5.92 Å². The molecule has 1 saturated carbocycles. The van der Waals surface area contributed by atoms with Crippen LogP contribution in [0.4, 0.5) is 0 Å². The molecule has 1 heterocycles. The first-order valence-corrected chi connectivity index (χ1v) is 10.6. The second-order valence-corrected chi connectivity index (χ2v) is 7.85. The average molecular weight is 357 g/mol. The van der Waals surface area contributed by atoms with Crippen LogP contribution in [0.3, 0.4) is 0 Å². The molecule has 26 heavy (non-hydrogen) atoms. The van der Waals surface area contributed by atoms with Gasteiger partial charge in [-0.25, -0.2) is 0 Å². The standard InChI is InChI=1S/C22H36N4/c1-3-5-13-26-14-11-20(12-15-26)25-22(23-4-2)24-17-19-16-21(19)18-9-7-6-8-10-18/h6-10,19-21H,3-5,11-17H2,1-2H3,(H2,23,24,25). The Morgan fingerprint density at radius 3 is 2.62 bits per heavy atom. The summed E-state index contributed by atoms with van der Waals surface area (Å²) in [5.74, 6) is 2.44. The molecular weight excluding hydrogens is 320 g/mol. The van der Waals surface area contributed by atoms with E-state index in [4.69, 9.17) is 4.99 Å². The van der Waals surface area contributed by atoms with Crippen LogP contribution in [0.15, 0.2) is 35.3 Å². The molecule has 0 radical (unpaired) electrons. The Hall–Kier alpha value is -1.55. The van der Waals surface area contributed by atoms with Crippen LogP contribution in [0.25, 0.3) is 0 Å². The number of hydrogen-bond acceptors (Lipinski definition) is 2. The number of nitrogens with zero attached hydrogens (tertiary/aromatic N) is 2. The zero-order valence-corrected chi connectivity index (χ0v) is 16.6. The van der Waals surface area contributed by atoms with Crippen LogP contribution in [0.5, 0.6) is 0 Å². The number of benzene rings is 1. The van der Waals surface area contributed by atoms with Crippen LogP contribution in [0.1, 0.15) is 57.4 Å². The minimum atomic E-state index is 0.565. The number of hydrogen-bond donors (Lipinski definition) is 2. The number of guanidine groups is 1. The van der Waals surface area contributed by atoms with Gasteiger partial charge in [0.25, 0.3) is 0 Å². The van der Waals surface area contributed by atoms with Crippen molar-refractivity contribution >= 4 is 5.96 Å². The van der Waals surface area contributed by atoms with E-state index in [-0.39, 0.29) is 0 Å². The molecule has 2 atom stereocenters. The third-order valence-corrected chi connectivity index (χ3v) is 5.73.